The quantitative estimate of drug-likeness (QED) is 0.397. The number of benzene rings is 3. The first-order valence-corrected chi connectivity index (χ1v) is 18.8. The Bertz CT molecular complexity index is 1130. The van der Waals surface area contributed by atoms with E-state index in [0.717, 1.165) is 0 Å². The summed E-state index contributed by atoms with van der Waals surface area (Å²) in [7, 11) is -2.95. The van der Waals surface area contributed by atoms with Crippen LogP contribution in [0.4, 0.5) is 10.5 Å². The third kappa shape index (κ3) is 5.10. The van der Waals surface area contributed by atoms with Crippen LogP contribution in [0.25, 0.3) is 11.1 Å². The SMILES string of the molecule is C[Si](C)(C)c1ccc2c(c1)C(COC(=O)Nc1ccc(Cl)cc1)c1cc([Si](C)(C)C)ccc1-2. The van der Waals surface area contributed by atoms with Gasteiger partial charge in [0, 0.05) is 16.6 Å². The first kappa shape index (κ1) is 23.8. The highest BCUT2D eigenvalue weighted by Gasteiger charge is 2.32. The van der Waals surface area contributed by atoms with E-state index in [1.807, 2.05) is 0 Å². The van der Waals surface area contributed by atoms with E-state index in [1.165, 1.54) is 32.6 Å². The molecule has 0 fully saturated rings. The normalized spacial score (nSPS) is 13.4. The van der Waals surface area contributed by atoms with Gasteiger partial charge in [0.25, 0.3) is 0 Å². The average Bonchev–Trinajstić information content (AvgIpc) is 3.05. The molecule has 1 N–H and O–H groups in total. The van der Waals surface area contributed by atoms with Gasteiger partial charge < -0.3 is 4.74 Å². The van der Waals surface area contributed by atoms with Gasteiger partial charge in [-0.15, -0.1) is 0 Å². The zero-order valence-electron chi connectivity index (χ0n) is 20.3. The maximum atomic E-state index is 12.6. The monoisotopic (exact) mass is 493 g/mol. The summed E-state index contributed by atoms with van der Waals surface area (Å²) in [5.74, 6) is 0.0403. The van der Waals surface area contributed by atoms with E-state index in [4.69, 9.17) is 16.3 Å². The van der Waals surface area contributed by atoms with Gasteiger partial charge in [-0.25, -0.2) is 4.79 Å². The number of amides is 1. The molecule has 0 bridgehead atoms. The van der Waals surface area contributed by atoms with E-state index in [2.05, 4.69) is 81.0 Å². The number of rotatable bonds is 5. The summed E-state index contributed by atoms with van der Waals surface area (Å²) < 4.78 is 5.76. The van der Waals surface area contributed by atoms with Crippen molar-refractivity contribution in [3.8, 4) is 11.1 Å². The fraction of sp³-hybridized carbons (Fsp3) is 0.296. The van der Waals surface area contributed by atoms with E-state index in [1.54, 1.807) is 24.3 Å². The van der Waals surface area contributed by atoms with Crippen LogP contribution in [0, 0.1) is 0 Å². The summed E-state index contributed by atoms with van der Waals surface area (Å²) in [5.41, 5.74) is 5.74. The van der Waals surface area contributed by atoms with Gasteiger partial charge in [-0.1, -0.05) is 97.7 Å². The molecule has 0 aliphatic heterocycles. The van der Waals surface area contributed by atoms with E-state index in [-0.39, 0.29) is 5.92 Å². The Morgan fingerprint density at radius 3 is 1.76 bits per heavy atom. The molecule has 33 heavy (non-hydrogen) atoms. The maximum absolute atomic E-state index is 12.6. The second-order valence-corrected chi connectivity index (χ2v) is 21.5. The molecule has 4 rings (SSSR count). The number of hydrogen-bond acceptors (Lipinski definition) is 2. The van der Waals surface area contributed by atoms with Gasteiger partial charge in [0.05, 0.1) is 16.1 Å². The number of ether oxygens (including phenoxy) is 1. The summed E-state index contributed by atoms with van der Waals surface area (Å²) in [6.07, 6.45) is -0.449. The molecule has 3 nitrogen and oxygen atoms in total. The van der Waals surface area contributed by atoms with Crippen LogP contribution in [0.15, 0.2) is 60.7 Å². The maximum Gasteiger partial charge on any atom is 0.411 e. The minimum Gasteiger partial charge on any atom is -0.448 e. The predicted molar refractivity (Wildman–Crippen MR) is 146 cm³/mol. The summed E-state index contributed by atoms with van der Waals surface area (Å²) in [4.78, 5) is 12.6. The Labute approximate surface area is 204 Å². The molecule has 172 valence electrons. The Balaban J connectivity index is 1.65. The van der Waals surface area contributed by atoms with Gasteiger partial charge >= 0.3 is 6.09 Å². The van der Waals surface area contributed by atoms with Gasteiger partial charge in [-0.3, -0.25) is 5.32 Å². The lowest BCUT2D eigenvalue weighted by Crippen LogP contribution is -2.38. The molecule has 0 radical (unpaired) electrons. The first-order valence-electron chi connectivity index (χ1n) is 11.4. The van der Waals surface area contributed by atoms with Crippen molar-refractivity contribution in [2.75, 3.05) is 11.9 Å². The van der Waals surface area contributed by atoms with Gasteiger partial charge in [0.1, 0.15) is 6.61 Å². The van der Waals surface area contributed by atoms with Crippen LogP contribution in [0.2, 0.25) is 44.3 Å². The van der Waals surface area contributed by atoms with E-state index in [0.29, 0.717) is 17.3 Å². The number of halogens is 1. The summed E-state index contributed by atoms with van der Waals surface area (Å²) in [6.45, 7) is 14.5. The first-order chi connectivity index (χ1) is 15.4. The Morgan fingerprint density at radius 2 is 1.30 bits per heavy atom. The van der Waals surface area contributed by atoms with Crippen LogP contribution < -0.4 is 15.7 Å². The summed E-state index contributed by atoms with van der Waals surface area (Å²) in [5, 5.41) is 6.29. The zero-order chi connectivity index (χ0) is 24.0. The molecule has 0 saturated heterocycles. The minimum absolute atomic E-state index is 0.0403. The van der Waals surface area contributed by atoms with Gasteiger partial charge in [0.15, 0.2) is 0 Å². The molecule has 0 aromatic heterocycles. The van der Waals surface area contributed by atoms with Crippen molar-refractivity contribution in [3.63, 3.8) is 0 Å². The average molecular weight is 494 g/mol. The summed E-state index contributed by atoms with van der Waals surface area (Å²) >= 11 is 5.94. The van der Waals surface area contributed by atoms with Crippen LogP contribution in [-0.2, 0) is 4.74 Å². The number of hydrogen-bond donors (Lipinski definition) is 1. The van der Waals surface area contributed by atoms with Gasteiger partial charge in [-0.05, 0) is 46.5 Å². The van der Waals surface area contributed by atoms with Crippen molar-refractivity contribution in [1.29, 1.82) is 0 Å². The van der Waals surface area contributed by atoms with Crippen molar-refractivity contribution in [2.24, 2.45) is 0 Å². The fourth-order valence-corrected chi connectivity index (χ4v) is 6.79. The molecule has 3 aromatic carbocycles. The third-order valence-electron chi connectivity index (χ3n) is 6.35. The van der Waals surface area contributed by atoms with Crippen LogP contribution in [0.5, 0.6) is 0 Å². The third-order valence-corrected chi connectivity index (χ3v) is 10.7. The molecule has 0 heterocycles. The lowest BCUT2D eigenvalue weighted by Gasteiger charge is -2.21. The molecule has 1 aliphatic rings. The highest BCUT2D eigenvalue weighted by molar-refractivity contribution is 6.89. The molecule has 0 unspecified atom stereocenters. The van der Waals surface area contributed by atoms with E-state index < -0.39 is 22.2 Å². The second kappa shape index (κ2) is 8.78. The highest BCUT2D eigenvalue weighted by Crippen LogP contribution is 2.44. The van der Waals surface area contributed by atoms with E-state index in [9.17, 15) is 4.79 Å². The largest absolute Gasteiger partial charge is 0.448 e. The van der Waals surface area contributed by atoms with Crippen LogP contribution in [0.1, 0.15) is 17.0 Å². The number of carbonyl (C=O) groups excluding carboxylic acids is 1. The number of carbonyl (C=O) groups is 1. The Morgan fingerprint density at radius 1 is 0.818 bits per heavy atom. The fourth-order valence-electron chi connectivity index (χ4n) is 4.32. The molecule has 1 amide bonds. The number of fused-ring (bicyclic) bond motifs is 3. The number of nitrogens with one attached hydrogen (secondary N) is 1. The number of anilines is 1. The summed E-state index contributed by atoms with van der Waals surface area (Å²) in [6, 6.07) is 20.9. The van der Waals surface area contributed by atoms with Crippen molar-refractivity contribution in [2.45, 2.75) is 45.2 Å². The lowest BCUT2D eigenvalue weighted by molar-refractivity contribution is 0.158. The molecular formula is C27H32ClNO2Si2. The topological polar surface area (TPSA) is 38.3 Å². The predicted octanol–water partition coefficient (Wildman–Crippen LogP) is 6.79. The van der Waals surface area contributed by atoms with Gasteiger partial charge in [0.2, 0.25) is 0 Å². The lowest BCUT2D eigenvalue weighted by atomic mass is 9.98. The van der Waals surface area contributed by atoms with Gasteiger partial charge in [-0.2, -0.15) is 0 Å². The second-order valence-electron chi connectivity index (χ2n) is 10.9. The Hall–Kier alpha value is -2.35. The standard InChI is InChI=1S/C27H32ClNO2Si2/c1-32(2,3)20-11-13-22-23-14-12-21(33(4,5)6)16-25(23)26(24(22)15-20)17-31-27(30)29-19-9-7-18(28)8-10-19/h7-16,26H,17H2,1-6H3,(H,29,30). The Kier molecular flexibility index (Phi) is 6.33. The van der Waals surface area contributed by atoms with Crippen LogP contribution in [-0.4, -0.2) is 28.8 Å². The molecule has 3 aromatic rings. The minimum atomic E-state index is -1.47. The molecule has 0 atom stereocenters. The van der Waals surface area contributed by atoms with Crippen molar-refractivity contribution in [3.05, 3.63) is 76.8 Å². The molecule has 0 spiro atoms. The smallest absolute Gasteiger partial charge is 0.411 e. The molecule has 0 saturated carbocycles. The van der Waals surface area contributed by atoms with Crippen LogP contribution in [0.3, 0.4) is 0 Å². The molecule has 1 aliphatic carbocycles. The van der Waals surface area contributed by atoms with E-state index >= 15 is 0 Å². The van der Waals surface area contributed by atoms with Crippen molar-refractivity contribution >= 4 is 49.9 Å². The molecule has 6 heteroatoms. The van der Waals surface area contributed by atoms with Crippen LogP contribution >= 0.6 is 11.6 Å². The van der Waals surface area contributed by atoms with Crippen molar-refractivity contribution < 1.29 is 9.53 Å². The highest BCUT2D eigenvalue weighted by atomic mass is 35.5. The molecular weight excluding hydrogens is 462 g/mol. The van der Waals surface area contributed by atoms with Crippen molar-refractivity contribution in [1.82, 2.24) is 0 Å². The zero-order valence-corrected chi connectivity index (χ0v) is 23.0.